The molecule has 1 aliphatic carbocycles. The molecule has 1 amide bonds. The van der Waals surface area contributed by atoms with Crippen LogP contribution in [0.3, 0.4) is 0 Å². The summed E-state index contributed by atoms with van der Waals surface area (Å²) in [7, 11) is 0. The zero-order valence-corrected chi connectivity index (χ0v) is 12.7. The highest BCUT2D eigenvalue weighted by Gasteiger charge is 2.70. The van der Waals surface area contributed by atoms with Gasteiger partial charge in [-0.25, -0.2) is 8.78 Å². The molecular weight excluding hydrogens is 330 g/mol. The second-order valence-corrected chi connectivity index (χ2v) is 7.11. The number of nitrogens with two attached hydrogens (primary N) is 2. The summed E-state index contributed by atoms with van der Waals surface area (Å²) < 4.78 is 27.0. The summed E-state index contributed by atoms with van der Waals surface area (Å²) in [6.45, 7) is 1.47. The van der Waals surface area contributed by atoms with E-state index in [2.05, 4.69) is 4.99 Å². The molecule has 3 atom stereocenters. The number of thioether (sulfide) groups is 1. The molecule has 0 unspecified atom stereocenters. The predicted molar refractivity (Wildman–Crippen MR) is 79.6 cm³/mol. The van der Waals surface area contributed by atoms with Gasteiger partial charge in [0.25, 0.3) is 5.69 Å². The minimum atomic E-state index is -1.40. The number of carbonyl (C=O) groups excluding carboxylic acids is 1. The Morgan fingerprint density at radius 1 is 1.52 bits per heavy atom. The molecule has 0 saturated heterocycles. The quantitative estimate of drug-likeness (QED) is 0.634. The number of halogens is 2. The Kier molecular flexibility index (Phi) is 3.15. The smallest absolute Gasteiger partial charge is 0.272 e. The Hall–Kier alpha value is -2.23. The van der Waals surface area contributed by atoms with E-state index in [0.29, 0.717) is 6.07 Å². The molecule has 4 N–H and O–H groups in total. The predicted octanol–water partition coefficient (Wildman–Crippen LogP) is 1.39. The number of non-ortho nitro benzene ring substituents is 1. The SMILES string of the molecule is C[C@]1(c2cc([N+](=O)[O-])cc(F)c2F)N=C(N)S[C@@]2(C(N)=O)C[C@H]21. The Morgan fingerprint density at radius 3 is 2.74 bits per heavy atom. The Labute approximate surface area is 133 Å². The van der Waals surface area contributed by atoms with Crippen LogP contribution in [0.2, 0.25) is 0 Å². The number of benzene rings is 1. The molecule has 23 heavy (non-hydrogen) atoms. The highest BCUT2D eigenvalue weighted by molar-refractivity contribution is 8.15. The summed E-state index contributed by atoms with van der Waals surface area (Å²) >= 11 is 0.992. The van der Waals surface area contributed by atoms with Gasteiger partial charge in [0.05, 0.1) is 16.5 Å². The number of nitrogens with zero attached hydrogens (tertiary/aromatic N) is 2. The fraction of sp³-hybridized carbons (Fsp3) is 0.385. The molecule has 0 bridgehead atoms. The van der Waals surface area contributed by atoms with E-state index in [1.54, 1.807) is 0 Å². The number of hydrogen-bond acceptors (Lipinski definition) is 6. The first kappa shape index (κ1) is 15.7. The van der Waals surface area contributed by atoms with Gasteiger partial charge in [-0.15, -0.1) is 0 Å². The number of primary amides is 1. The van der Waals surface area contributed by atoms with E-state index in [1.807, 2.05) is 0 Å². The van der Waals surface area contributed by atoms with Gasteiger partial charge in [0, 0.05) is 17.5 Å². The molecule has 1 aliphatic heterocycles. The third kappa shape index (κ3) is 2.08. The largest absolute Gasteiger partial charge is 0.378 e. The highest BCUT2D eigenvalue weighted by Crippen LogP contribution is 2.65. The maximum atomic E-state index is 14.3. The van der Waals surface area contributed by atoms with E-state index in [9.17, 15) is 23.7 Å². The highest BCUT2D eigenvalue weighted by atomic mass is 32.2. The van der Waals surface area contributed by atoms with Crippen LogP contribution in [0.5, 0.6) is 0 Å². The number of rotatable bonds is 3. The summed E-state index contributed by atoms with van der Waals surface area (Å²) in [5, 5.41) is 10.9. The number of amides is 1. The van der Waals surface area contributed by atoms with Gasteiger partial charge in [0.15, 0.2) is 16.8 Å². The molecule has 1 heterocycles. The number of nitro benzene ring substituents is 1. The van der Waals surface area contributed by atoms with Crippen LogP contribution < -0.4 is 11.5 Å². The van der Waals surface area contributed by atoms with Crippen LogP contribution in [0.15, 0.2) is 17.1 Å². The molecule has 0 radical (unpaired) electrons. The molecule has 0 spiro atoms. The lowest BCUT2D eigenvalue weighted by Gasteiger charge is -2.33. The molecule has 122 valence electrons. The van der Waals surface area contributed by atoms with Crippen molar-refractivity contribution < 1.29 is 18.5 Å². The molecule has 1 saturated carbocycles. The fourth-order valence-electron chi connectivity index (χ4n) is 3.15. The number of carbonyl (C=O) groups is 1. The second-order valence-electron chi connectivity index (χ2n) is 5.76. The van der Waals surface area contributed by atoms with E-state index in [0.717, 1.165) is 17.8 Å². The van der Waals surface area contributed by atoms with Gasteiger partial charge in [-0.05, 0) is 13.3 Å². The topological polar surface area (TPSA) is 125 Å². The number of hydrogen-bond donors (Lipinski definition) is 2. The minimum absolute atomic E-state index is 0.00589. The van der Waals surface area contributed by atoms with Crippen LogP contribution in [-0.4, -0.2) is 20.7 Å². The van der Waals surface area contributed by atoms with Crippen LogP contribution >= 0.6 is 11.8 Å². The van der Waals surface area contributed by atoms with Crippen LogP contribution in [0.25, 0.3) is 0 Å². The van der Waals surface area contributed by atoms with E-state index >= 15 is 0 Å². The molecular formula is C13H12F2N4O3S. The summed E-state index contributed by atoms with van der Waals surface area (Å²) in [5.74, 6) is -3.73. The van der Waals surface area contributed by atoms with Gasteiger partial charge >= 0.3 is 0 Å². The first-order valence-corrected chi connectivity index (χ1v) is 7.41. The van der Waals surface area contributed by atoms with Gasteiger partial charge in [-0.3, -0.25) is 19.9 Å². The van der Waals surface area contributed by atoms with Gasteiger partial charge < -0.3 is 11.5 Å². The van der Waals surface area contributed by atoms with Crippen LogP contribution in [0, 0.1) is 27.7 Å². The maximum Gasteiger partial charge on any atom is 0.272 e. The monoisotopic (exact) mass is 342 g/mol. The zero-order valence-electron chi connectivity index (χ0n) is 11.9. The van der Waals surface area contributed by atoms with Crippen molar-refractivity contribution in [1.29, 1.82) is 0 Å². The van der Waals surface area contributed by atoms with Crippen molar-refractivity contribution in [2.24, 2.45) is 22.4 Å². The van der Waals surface area contributed by atoms with Crippen molar-refractivity contribution >= 4 is 28.5 Å². The van der Waals surface area contributed by atoms with Gasteiger partial charge in [0.2, 0.25) is 5.91 Å². The third-order valence-corrected chi connectivity index (χ3v) is 5.72. The fourth-order valence-corrected chi connectivity index (χ4v) is 4.48. The van der Waals surface area contributed by atoms with Crippen molar-refractivity contribution in [3.8, 4) is 0 Å². The van der Waals surface area contributed by atoms with Crippen LogP contribution in [-0.2, 0) is 10.3 Å². The van der Waals surface area contributed by atoms with Crippen molar-refractivity contribution in [3.05, 3.63) is 39.4 Å². The van der Waals surface area contributed by atoms with Crippen molar-refractivity contribution in [3.63, 3.8) is 0 Å². The third-order valence-electron chi connectivity index (χ3n) is 4.40. The zero-order chi connectivity index (χ0) is 17.2. The average molecular weight is 342 g/mol. The lowest BCUT2D eigenvalue weighted by molar-refractivity contribution is -0.385. The first-order chi connectivity index (χ1) is 10.6. The maximum absolute atomic E-state index is 14.3. The number of aliphatic imine (C=N–C) groups is 1. The van der Waals surface area contributed by atoms with Crippen molar-refractivity contribution in [2.75, 3.05) is 0 Å². The first-order valence-electron chi connectivity index (χ1n) is 6.60. The molecule has 1 aromatic rings. The lowest BCUT2D eigenvalue weighted by atomic mass is 9.85. The van der Waals surface area contributed by atoms with E-state index < -0.39 is 44.4 Å². The molecule has 10 heteroatoms. The second kappa shape index (κ2) is 4.63. The molecule has 1 fully saturated rings. The summed E-state index contributed by atoms with van der Waals surface area (Å²) in [5.41, 5.74) is 8.83. The Morgan fingerprint density at radius 2 is 2.17 bits per heavy atom. The van der Waals surface area contributed by atoms with E-state index in [-0.39, 0.29) is 17.2 Å². The summed E-state index contributed by atoms with van der Waals surface area (Å²) in [6.07, 6.45) is 0.289. The van der Waals surface area contributed by atoms with E-state index in [1.165, 1.54) is 6.92 Å². The Bertz CT molecular complexity index is 787. The molecule has 1 aromatic carbocycles. The number of amidine groups is 1. The van der Waals surface area contributed by atoms with Gasteiger partial charge in [-0.2, -0.15) is 0 Å². The summed E-state index contributed by atoms with van der Waals surface area (Å²) in [6, 6.07) is 1.43. The standard InChI is InChI=1S/C13H12F2N4O3S/c1-12(6-2-5(19(21)22)3-7(14)9(6)15)8-4-13(8,10(16)20)23-11(17)18-12/h2-3,8H,4H2,1H3,(H2,16,20)(H2,17,18)/t8-,12+,13-/m0/s1. The molecule has 7 nitrogen and oxygen atoms in total. The number of fused-ring (bicyclic) bond motifs is 1. The van der Waals surface area contributed by atoms with E-state index in [4.69, 9.17) is 11.5 Å². The van der Waals surface area contributed by atoms with Gasteiger partial charge in [0.1, 0.15) is 4.75 Å². The minimum Gasteiger partial charge on any atom is -0.378 e. The van der Waals surface area contributed by atoms with Crippen molar-refractivity contribution in [2.45, 2.75) is 23.6 Å². The average Bonchev–Trinajstić information content (AvgIpc) is 3.18. The molecule has 0 aromatic heterocycles. The van der Waals surface area contributed by atoms with Crippen LogP contribution in [0.1, 0.15) is 18.9 Å². The normalized spacial score (nSPS) is 32.0. The Balaban J connectivity index is 2.20. The molecule has 2 aliphatic rings. The molecule has 3 rings (SSSR count). The number of nitro groups is 1. The van der Waals surface area contributed by atoms with Crippen LogP contribution in [0.4, 0.5) is 14.5 Å². The van der Waals surface area contributed by atoms with Gasteiger partial charge in [-0.1, -0.05) is 11.8 Å². The van der Waals surface area contributed by atoms with Crippen molar-refractivity contribution in [1.82, 2.24) is 0 Å². The summed E-state index contributed by atoms with van der Waals surface area (Å²) in [4.78, 5) is 26.0. The lowest BCUT2D eigenvalue weighted by Crippen LogP contribution is -2.42.